The lowest BCUT2D eigenvalue weighted by Gasteiger charge is -2.58. The van der Waals surface area contributed by atoms with Crippen molar-refractivity contribution < 1.29 is 39.8 Å². The van der Waals surface area contributed by atoms with Gasteiger partial charge in [-0.05, 0) is 93.0 Å². The minimum absolute atomic E-state index is 0.0507. The van der Waals surface area contributed by atoms with E-state index in [1.165, 1.54) is 6.92 Å². The largest absolute Gasteiger partial charge is 0.504 e. The average molecular weight is 803 g/mol. The predicted octanol–water partition coefficient (Wildman–Crippen LogP) is 0.663. The molecular formula is C44H62N6O8. The third kappa shape index (κ3) is 8.53. The summed E-state index contributed by atoms with van der Waals surface area (Å²) in [6.45, 7) is 4.79. The molecule has 0 saturated carbocycles. The molecule has 0 amide bonds. The minimum Gasteiger partial charge on any atom is -0.504 e. The summed E-state index contributed by atoms with van der Waals surface area (Å²) in [6.07, 6.45) is 2.27. The number of hydrogen-bond donors (Lipinski definition) is 8. The number of guanidine groups is 1. The first-order valence-electron chi connectivity index (χ1n) is 21.5. The molecule has 2 unspecified atom stereocenters. The zero-order valence-corrected chi connectivity index (χ0v) is 33.7. The Hall–Kier alpha value is -3.60. The van der Waals surface area contributed by atoms with E-state index < -0.39 is 47.1 Å². The number of nitrogens with zero attached hydrogens (tertiary/aromatic N) is 3. The van der Waals surface area contributed by atoms with Crippen LogP contribution in [-0.2, 0) is 22.6 Å². The van der Waals surface area contributed by atoms with Gasteiger partial charge in [0.1, 0.15) is 12.2 Å². The summed E-state index contributed by atoms with van der Waals surface area (Å²) in [7, 11) is 0. The SMILES string of the molecule is CC(=O)O[C@H]1C[C@@H](O)CC[C@@]23C#C[C@@H]4C[C@H](C#CC[C@@]5(CO)[C@H]6C[C@H](CN(CN=C(N)NC2)C6)CN5C[C@H]3O)C[C@@H]2C[C@@H](CCN2)Oc2cc(c(CO)cc2O)C[C@H]41. The highest BCUT2D eigenvalue weighted by Crippen LogP contribution is 2.45. The lowest BCUT2D eigenvalue weighted by molar-refractivity contribution is -0.152. The van der Waals surface area contributed by atoms with E-state index in [-0.39, 0.29) is 74.8 Å². The number of phenolic OH excluding ortho intramolecular Hbond substituents is 1. The molecule has 0 aromatic heterocycles. The molecule has 14 nitrogen and oxygen atoms in total. The highest BCUT2D eigenvalue weighted by atomic mass is 16.5. The molecule has 1 spiro atoms. The number of fused-ring (bicyclic) bond motifs is 8. The first-order valence-corrected chi connectivity index (χ1v) is 21.5. The van der Waals surface area contributed by atoms with E-state index in [2.05, 4.69) is 44.1 Å². The van der Waals surface area contributed by atoms with Crippen LogP contribution >= 0.6 is 0 Å². The summed E-state index contributed by atoms with van der Waals surface area (Å²) in [5, 5.41) is 64.9. The van der Waals surface area contributed by atoms with Gasteiger partial charge in [0.25, 0.3) is 0 Å². The fourth-order valence-corrected chi connectivity index (χ4v) is 11.3. The molecule has 58 heavy (non-hydrogen) atoms. The standard InChI is InChI=1S/C44H62N6O8/c1-27(53)57-39-18-35(54)5-9-43-8-4-30-11-28(13-34-17-36(6-10-46-34)58-40-16-31(14-37(30)39)32(23-51)15-38(40)55)3-2-7-44(25-52)33-12-29(20-50(44)22-41(43)56)19-49(21-33)26-48-42(45)47-24-43/h15-16,28-30,33-37,39,41,46,51-52,54-56H,5-7,9-14,17-26H2,1H3,(H3,45,47,48)/t28-,29+,30+,33-,34+,35-,36+,37+,39-,41+,43-,44+/m0/s1. The number of phenols is 1. The molecule has 3 fully saturated rings. The second kappa shape index (κ2) is 17.2. The summed E-state index contributed by atoms with van der Waals surface area (Å²) in [5.41, 5.74) is 6.00. The van der Waals surface area contributed by atoms with Crippen molar-refractivity contribution in [3.63, 3.8) is 0 Å². The van der Waals surface area contributed by atoms with E-state index >= 15 is 0 Å². The van der Waals surface area contributed by atoms with Gasteiger partial charge < -0.3 is 51.4 Å². The molecule has 7 aliphatic heterocycles. The van der Waals surface area contributed by atoms with Gasteiger partial charge in [0.15, 0.2) is 17.5 Å². The van der Waals surface area contributed by atoms with Crippen molar-refractivity contribution in [1.82, 2.24) is 20.4 Å². The van der Waals surface area contributed by atoms with Gasteiger partial charge >= 0.3 is 5.97 Å². The highest BCUT2D eigenvalue weighted by Gasteiger charge is 2.53. The van der Waals surface area contributed by atoms with Crippen molar-refractivity contribution in [2.45, 2.75) is 114 Å². The van der Waals surface area contributed by atoms with E-state index in [0.29, 0.717) is 69.0 Å². The van der Waals surface area contributed by atoms with Crippen molar-refractivity contribution in [1.29, 1.82) is 0 Å². The number of nitrogens with two attached hydrogens (primary N) is 1. The molecule has 14 heteroatoms. The summed E-state index contributed by atoms with van der Waals surface area (Å²) in [4.78, 5) is 22.2. The Labute approximate surface area is 341 Å². The first-order chi connectivity index (χ1) is 28.0. The van der Waals surface area contributed by atoms with Gasteiger partial charge in [0.2, 0.25) is 0 Å². The Kier molecular flexibility index (Phi) is 12.2. The van der Waals surface area contributed by atoms with Crippen molar-refractivity contribution in [2.24, 2.45) is 45.7 Å². The maximum atomic E-state index is 12.9. The smallest absolute Gasteiger partial charge is 0.302 e. The average Bonchev–Trinajstić information content (AvgIpc) is 3.20. The Morgan fingerprint density at radius 2 is 1.95 bits per heavy atom. The van der Waals surface area contributed by atoms with Crippen LogP contribution in [-0.4, -0.2) is 136 Å². The molecule has 9 N–H and O–H groups in total. The van der Waals surface area contributed by atoms with E-state index in [0.717, 1.165) is 38.0 Å². The highest BCUT2D eigenvalue weighted by molar-refractivity contribution is 5.77. The van der Waals surface area contributed by atoms with Gasteiger partial charge in [-0.1, -0.05) is 17.8 Å². The maximum Gasteiger partial charge on any atom is 0.302 e. The van der Waals surface area contributed by atoms with Crippen molar-refractivity contribution in [3.05, 3.63) is 23.3 Å². The van der Waals surface area contributed by atoms with E-state index in [1.54, 1.807) is 12.1 Å². The Morgan fingerprint density at radius 1 is 1.09 bits per heavy atom. The fraction of sp³-hybridized carbons (Fsp3) is 0.727. The second-order valence-electron chi connectivity index (χ2n) is 18.4. The molecule has 8 aliphatic rings. The number of piperidine rings is 3. The molecule has 14 atom stereocenters. The van der Waals surface area contributed by atoms with E-state index in [9.17, 15) is 30.3 Å². The van der Waals surface area contributed by atoms with Gasteiger partial charge in [0, 0.05) is 76.3 Å². The number of ether oxygens (including phenoxy) is 2. The molecule has 12 bridgehead atoms. The van der Waals surface area contributed by atoms with E-state index in [4.69, 9.17) is 20.2 Å². The summed E-state index contributed by atoms with van der Waals surface area (Å²) in [6, 6.07) is 3.41. The zero-order chi connectivity index (χ0) is 40.6. The molecule has 7 heterocycles. The van der Waals surface area contributed by atoms with Gasteiger partial charge in [-0.3, -0.25) is 14.6 Å². The number of carbonyl (C=O) groups is 1. The molecule has 1 aromatic carbocycles. The molecule has 316 valence electrons. The van der Waals surface area contributed by atoms with Gasteiger partial charge in [0.05, 0.1) is 43.0 Å². The fourth-order valence-electron chi connectivity index (χ4n) is 11.3. The number of hydrogen-bond acceptors (Lipinski definition) is 14. The van der Waals surface area contributed by atoms with Crippen LogP contribution in [0.2, 0.25) is 0 Å². The quantitative estimate of drug-likeness (QED) is 0.157. The number of esters is 1. The van der Waals surface area contributed by atoms with Crippen LogP contribution in [0.3, 0.4) is 0 Å². The minimum atomic E-state index is -1.09. The molecule has 0 radical (unpaired) electrons. The first kappa shape index (κ1) is 41.1. The van der Waals surface area contributed by atoms with Crippen LogP contribution in [0.5, 0.6) is 11.5 Å². The number of β-amino-alcohol motifs (C(OH)–C–C–N with tert-alkyl or cyclic N) is 1. The lowest BCUT2D eigenvalue weighted by atomic mass is 9.68. The van der Waals surface area contributed by atoms with Crippen LogP contribution < -0.4 is 21.1 Å². The molecule has 9 rings (SSSR count). The zero-order valence-electron chi connectivity index (χ0n) is 33.7. The van der Waals surface area contributed by atoms with Crippen LogP contribution in [0.15, 0.2) is 17.1 Å². The molecule has 3 saturated heterocycles. The van der Waals surface area contributed by atoms with Gasteiger partial charge in [-0.2, -0.15) is 0 Å². The monoisotopic (exact) mass is 802 g/mol. The van der Waals surface area contributed by atoms with Crippen LogP contribution in [0.25, 0.3) is 0 Å². The predicted molar refractivity (Wildman–Crippen MR) is 216 cm³/mol. The van der Waals surface area contributed by atoms with Gasteiger partial charge in [-0.15, -0.1) is 5.92 Å². The third-order valence-corrected chi connectivity index (χ3v) is 14.5. The maximum absolute atomic E-state index is 12.9. The Morgan fingerprint density at radius 3 is 2.76 bits per heavy atom. The van der Waals surface area contributed by atoms with Crippen molar-refractivity contribution in [2.75, 3.05) is 52.5 Å². The summed E-state index contributed by atoms with van der Waals surface area (Å²) in [5.74, 6) is 14.1. The number of benzene rings is 1. The van der Waals surface area contributed by atoms with E-state index in [1.807, 2.05) is 0 Å². The summed E-state index contributed by atoms with van der Waals surface area (Å²) >= 11 is 0. The topological polar surface area (TPSA) is 206 Å². The number of aliphatic hydroxyl groups is 4. The number of rotatable bonds is 3. The number of aromatic hydroxyl groups is 1. The van der Waals surface area contributed by atoms with Gasteiger partial charge in [-0.25, -0.2) is 4.99 Å². The lowest BCUT2D eigenvalue weighted by Crippen LogP contribution is -2.68. The van der Waals surface area contributed by atoms with Crippen molar-refractivity contribution >= 4 is 11.9 Å². The number of aliphatic hydroxyl groups excluding tert-OH is 4. The number of aliphatic imine (C=N–C) groups is 1. The molecule has 1 aromatic rings. The van der Waals surface area contributed by atoms with Crippen LogP contribution in [0, 0.1) is 58.7 Å². The normalized spacial score (nSPS) is 41.2. The molecule has 1 aliphatic carbocycles. The third-order valence-electron chi connectivity index (χ3n) is 14.5. The summed E-state index contributed by atoms with van der Waals surface area (Å²) < 4.78 is 12.7. The Bertz CT molecular complexity index is 1840. The molecular weight excluding hydrogens is 741 g/mol. The number of carbonyl (C=O) groups excluding carboxylic acids is 1. The van der Waals surface area contributed by atoms with Crippen LogP contribution in [0.4, 0.5) is 0 Å². The number of nitrogens with one attached hydrogen (secondary N) is 2. The van der Waals surface area contributed by atoms with Crippen molar-refractivity contribution in [3.8, 4) is 35.2 Å². The second-order valence-corrected chi connectivity index (χ2v) is 18.4. The Balaban J connectivity index is 1.34. The van der Waals surface area contributed by atoms with Crippen LogP contribution in [0.1, 0.15) is 75.8 Å².